The van der Waals surface area contributed by atoms with Crippen LogP contribution >= 0.6 is 0 Å². The van der Waals surface area contributed by atoms with Crippen molar-refractivity contribution < 1.29 is 4.74 Å². The van der Waals surface area contributed by atoms with Gasteiger partial charge in [-0.2, -0.15) is 0 Å². The van der Waals surface area contributed by atoms with Gasteiger partial charge in [0.15, 0.2) is 0 Å². The fourth-order valence-electron chi connectivity index (χ4n) is 1.62. The Labute approximate surface area is 74.9 Å². The van der Waals surface area contributed by atoms with Crippen LogP contribution in [0.15, 0.2) is 0 Å². The zero-order chi connectivity index (χ0) is 8.97. The molecule has 1 saturated heterocycles. The van der Waals surface area contributed by atoms with Gasteiger partial charge in [-0.3, -0.25) is 4.90 Å². The van der Waals surface area contributed by atoms with Crippen LogP contribution in [0.3, 0.4) is 0 Å². The minimum atomic E-state index is 0.446. The second kappa shape index (κ2) is 4.80. The summed E-state index contributed by atoms with van der Waals surface area (Å²) in [6.45, 7) is 9.05. The lowest BCUT2D eigenvalue weighted by Gasteiger charge is -2.35. The van der Waals surface area contributed by atoms with Crippen molar-refractivity contribution in [2.75, 3.05) is 32.8 Å². The molecular formula is C9H20N2O. The molecule has 0 amide bonds. The summed E-state index contributed by atoms with van der Waals surface area (Å²) < 4.78 is 5.36. The average molecular weight is 172 g/mol. The molecule has 0 saturated carbocycles. The molecular weight excluding hydrogens is 152 g/mol. The molecule has 1 rings (SSSR count). The second-order valence-electron chi connectivity index (χ2n) is 3.85. The third kappa shape index (κ3) is 2.73. The van der Waals surface area contributed by atoms with Gasteiger partial charge < -0.3 is 10.5 Å². The van der Waals surface area contributed by atoms with E-state index in [0.29, 0.717) is 12.6 Å². The van der Waals surface area contributed by atoms with Gasteiger partial charge in [0, 0.05) is 25.7 Å². The maximum absolute atomic E-state index is 5.65. The second-order valence-corrected chi connectivity index (χ2v) is 3.85. The van der Waals surface area contributed by atoms with E-state index in [4.69, 9.17) is 10.5 Å². The number of hydrogen-bond donors (Lipinski definition) is 1. The Balaban J connectivity index is 2.36. The Morgan fingerprint density at radius 3 is 2.92 bits per heavy atom. The molecule has 1 fully saturated rings. The van der Waals surface area contributed by atoms with Crippen LogP contribution in [0.5, 0.6) is 0 Å². The van der Waals surface area contributed by atoms with Gasteiger partial charge in [0.25, 0.3) is 0 Å². The fourth-order valence-corrected chi connectivity index (χ4v) is 1.62. The van der Waals surface area contributed by atoms with Crippen LogP contribution in [0.1, 0.15) is 13.8 Å². The summed E-state index contributed by atoms with van der Waals surface area (Å²) in [5.74, 6) is 0.720. The maximum Gasteiger partial charge on any atom is 0.0634 e. The Bertz CT molecular complexity index is 128. The summed E-state index contributed by atoms with van der Waals surface area (Å²) in [5, 5.41) is 0. The highest BCUT2D eigenvalue weighted by molar-refractivity contribution is 4.76. The van der Waals surface area contributed by atoms with Crippen molar-refractivity contribution in [1.29, 1.82) is 0 Å². The molecule has 1 unspecified atom stereocenters. The lowest BCUT2D eigenvalue weighted by molar-refractivity contribution is -0.00867. The number of hydrogen-bond acceptors (Lipinski definition) is 3. The van der Waals surface area contributed by atoms with Crippen LogP contribution in [0.4, 0.5) is 0 Å². The van der Waals surface area contributed by atoms with Crippen molar-refractivity contribution in [3.8, 4) is 0 Å². The van der Waals surface area contributed by atoms with Crippen LogP contribution in [-0.2, 0) is 4.74 Å². The van der Waals surface area contributed by atoms with Crippen LogP contribution < -0.4 is 5.73 Å². The topological polar surface area (TPSA) is 38.5 Å². The predicted molar refractivity (Wildman–Crippen MR) is 50.1 cm³/mol. The molecule has 72 valence electrons. The molecule has 3 nitrogen and oxygen atoms in total. The molecule has 1 aliphatic heterocycles. The van der Waals surface area contributed by atoms with Crippen molar-refractivity contribution in [1.82, 2.24) is 4.90 Å². The van der Waals surface area contributed by atoms with E-state index in [1.165, 1.54) is 0 Å². The monoisotopic (exact) mass is 172 g/mol. The predicted octanol–water partition coefficient (Wildman–Crippen LogP) is 0.302. The van der Waals surface area contributed by atoms with Crippen molar-refractivity contribution in [2.24, 2.45) is 11.7 Å². The summed E-state index contributed by atoms with van der Waals surface area (Å²) in [7, 11) is 0. The Hall–Kier alpha value is -0.120. The van der Waals surface area contributed by atoms with Crippen molar-refractivity contribution in [3.05, 3.63) is 0 Å². The third-order valence-electron chi connectivity index (χ3n) is 2.22. The van der Waals surface area contributed by atoms with E-state index >= 15 is 0 Å². The zero-order valence-corrected chi connectivity index (χ0v) is 8.12. The Morgan fingerprint density at radius 1 is 1.58 bits per heavy atom. The molecule has 0 aliphatic carbocycles. The standard InChI is InChI=1S/C9H20N2O/c1-8(2)6-11-3-4-12-7-9(11)5-10/h8-9H,3-7,10H2,1-2H3. The molecule has 1 aliphatic rings. The van der Waals surface area contributed by atoms with Crippen molar-refractivity contribution in [3.63, 3.8) is 0 Å². The Morgan fingerprint density at radius 2 is 2.33 bits per heavy atom. The summed E-state index contributed by atoms with van der Waals surface area (Å²) in [5.41, 5.74) is 5.65. The largest absolute Gasteiger partial charge is 0.378 e. The molecule has 3 heteroatoms. The molecule has 0 bridgehead atoms. The molecule has 0 spiro atoms. The van der Waals surface area contributed by atoms with Crippen LogP contribution in [0.2, 0.25) is 0 Å². The molecule has 12 heavy (non-hydrogen) atoms. The molecule has 1 heterocycles. The zero-order valence-electron chi connectivity index (χ0n) is 8.12. The molecule has 0 aromatic rings. The van der Waals surface area contributed by atoms with Gasteiger partial charge >= 0.3 is 0 Å². The first-order valence-electron chi connectivity index (χ1n) is 4.76. The number of morpholine rings is 1. The lowest BCUT2D eigenvalue weighted by atomic mass is 10.1. The van der Waals surface area contributed by atoms with Gasteiger partial charge in [-0.05, 0) is 5.92 Å². The van der Waals surface area contributed by atoms with E-state index in [1.54, 1.807) is 0 Å². The molecule has 0 aromatic heterocycles. The van der Waals surface area contributed by atoms with Crippen LogP contribution in [0.25, 0.3) is 0 Å². The van der Waals surface area contributed by atoms with Gasteiger partial charge in [-0.1, -0.05) is 13.8 Å². The number of nitrogens with two attached hydrogens (primary N) is 1. The van der Waals surface area contributed by atoms with Gasteiger partial charge in [0.1, 0.15) is 0 Å². The first-order valence-corrected chi connectivity index (χ1v) is 4.76. The highest BCUT2D eigenvalue weighted by Gasteiger charge is 2.21. The fraction of sp³-hybridized carbons (Fsp3) is 1.00. The van der Waals surface area contributed by atoms with E-state index in [-0.39, 0.29) is 0 Å². The molecule has 2 N–H and O–H groups in total. The number of rotatable bonds is 3. The van der Waals surface area contributed by atoms with Crippen LogP contribution in [0, 0.1) is 5.92 Å². The molecule has 0 radical (unpaired) electrons. The van der Waals surface area contributed by atoms with Crippen molar-refractivity contribution >= 4 is 0 Å². The van der Waals surface area contributed by atoms with Crippen molar-refractivity contribution in [2.45, 2.75) is 19.9 Å². The Kier molecular flexibility index (Phi) is 3.98. The van der Waals surface area contributed by atoms with Gasteiger partial charge in [0.05, 0.1) is 13.2 Å². The molecule has 0 aromatic carbocycles. The van der Waals surface area contributed by atoms with E-state index in [2.05, 4.69) is 18.7 Å². The summed E-state index contributed by atoms with van der Waals surface area (Å²) in [6.07, 6.45) is 0. The number of nitrogens with zero attached hydrogens (tertiary/aromatic N) is 1. The van der Waals surface area contributed by atoms with E-state index < -0.39 is 0 Å². The normalized spacial score (nSPS) is 26.5. The summed E-state index contributed by atoms with van der Waals surface area (Å²) in [4.78, 5) is 2.44. The smallest absolute Gasteiger partial charge is 0.0634 e. The van der Waals surface area contributed by atoms with E-state index in [0.717, 1.165) is 32.2 Å². The quantitative estimate of drug-likeness (QED) is 0.665. The minimum Gasteiger partial charge on any atom is -0.378 e. The van der Waals surface area contributed by atoms with Gasteiger partial charge in [-0.25, -0.2) is 0 Å². The van der Waals surface area contributed by atoms with E-state index in [1.807, 2.05) is 0 Å². The minimum absolute atomic E-state index is 0.446. The first kappa shape index (κ1) is 9.96. The maximum atomic E-state index is 5.65. The average Bonchev–Trinajstić information content (AvgIpc) is 2.04. The van der Waals surface area contributed by atoms with Gasteiger partial charge in [0.2, 0.25) is 0 Å². The van der Waals surface area contributed by atoms with Crippen LogP contribution in [-0.4, -0.2) is 43.8 Å². The SMILES string of the molecule is CC(C)CN1CCOCC1CN. The summed E-state index contributed by atoms with van der Waals surface area (Å²) in [6, 6.07) is 0.446. The third-order valence-corrected chi connectivity index (χ3v) is 2.22. The first-order chi connectivity index (χ1) is 5.74. The molecule has 1 atom stereocenters. The number of ether oxygens (including phenoxy) is 1. The highest BCUT2D eigenvalue weighted by Crippen LogP contribution is 2.08. The van der Waals surface area contributed by atoms with Gasteiger partial charge in [-0.15, -0.1) is 0 Å². The lowest BCUT2D eigenvalue weighted by Crippen LogP contribution is -2.50. The summed E-state index contributed by atoms with van der Waals surface area (Å²) >= 11 is 0. The highest BCUT2D eigenvalue weighted by atomic mass is 16.5. The van der Waals surface area contributed by atoms with E-state index in [9.17, 15) is 0 Å².